The average Bonchev–Trinajstić information content (AvgIpc) is 2.71. The second-order valence-electron chi connectivity index (χ2n) is 2.18. The molecule has 10 heavy (non-hydrogen) atoms. The molecule has 0 aromatic rings. The standard InChI is InChI=1S/C6H12O4/c1-8-6(7)4-9-2-5-3-10-5/h5-7H,2-4H2,1H3. The first-order valence-corrected chi connectivity index (χ1v) is 3.23. The van der Waals surface area contributed by atoms with Crippen LogP contribution in [-0.2, 0) is 14.2 Å². The van der Waals surface area contributed by atoms with E-state index in [0.29, 0.717) is 6.61 Å². The minimum atomic E-state index is -0.807. The monoisotopic (exact) mass is 148 g/mol. The zero-order valence-corrected chi connectivity index (χ0v) is 5.95. The molecule has 1 rings (SSSR count). The third kappa shape index (κ3) is 3.12. The Labute approximate surface area is 59.7 Å². The van der Waals surface area contributed by atoms with Gasteiger partial charge in [0.25, 0.3) is 0 Å². The van der Waals surface area contributed by atoms with E-state index < -0.39 is 6.29 Å². The molecule has 0 aromatic carbocycles. The maximum absolute atomic E-state index is 8.80. The molecule has 0 bridgehead atoms. The number of hydrogen-bond donors (Lipinski definition) is 1. The summed E-state index contributed by atoms with van der Waals surface area (Å²) < 4.78 is 14.4. The van der Waals surface area contributed by atoms with Crippen LogP contribution in [0, 0.1) is 0 Å². The lowest BCUT2D eigenvalue weighted by atomic mass is 10.5. The summed E-state index contributed by atoms with van der Waals surface area (Å²) in [5.41, 5.74) is 0. The van der Waals surface area contributed by atoms with Crippen LogP contribution < -0.4 is 0 Å². The highest BCUT2D eigenvalue weighted by molar-refractivity contribution is 4.67. The molecule has 0 saturated carbocycles. The SMILES string of the molecule is COC(O)COCC1CO1. The van der Waals surface area contributed by atoms with Crippen LogP contribution in [0.3, 0.4) is 0 Å². The number of ether oxygens (including phenoxy) is 3. The van der Waals surface area contributed by atoms with Crippen LogP contribution in [-0.4, -0.2) is 44.4 Å². The number of aliphatic hydroxyl groups excluding tert-OH is 1. The lowest BCUT2D eigenvalue weighted by Crippen LogP contribution is -2.18. The maximum atomic E-state index is 8.80. The first kappa shape index (κ1) is 7.94. The van der Waals surface area contributed by atoms with E-state index >= 15 is 0 Å². The largest absolute Gasteiger partial charge is 0.373 e. The van der Waals surface area contributed by atoms with Crippen molar-refractivity contribution in [2.45, 2.75) is 12.4 Å². The zero-order valence-electron chi connectivity index (χ0n) is 5.95. The Balaban J connectivity index is 1.83. The summed E-state index contributed by atoms with van der Waals surface area (Å²) in [6.07, 6.45) is -0.553. The molecule has 0 spiro atoms. The molecule has 1 saturated heterocycles. The fraction of sp³-hybridized carbons (Fsp3) is 1.00. The molecular formula is C6H12O4. The van der Waals surface area contributed by atoms with Crippen LogP contribution in [0.25, 0.3) is 0 Å². The van der Waals surface area contributed by atoms with Crippen molar-refractivity contribution in [3.63, 3.8) is 0 Å². The van der Waals surface area contributed by atoms with Crippen LogP contribution in [0.1, 0.15) is 0 Å². The van der Waals surface area contributed by atoms with Crippen molar-refractivity contribution in [3.8, 4) is 0 Å². The molecule has 4 nitrogen and oxygen atoms in total. The molecule has 1 N–H and O–H groups in total. The third-order valence-corrected chi connectivity index (χ3v) is 1.24. The minimum absolute atomic E-state index is 0.219. The third-order valence-electron chi connectivity index (χ3n) is 1.24. The van der Waals surface area contributed by atoms with Gasteiger partial charge in [0.1, 0.15) is 6.10 Å². The predicted molar refractivity (Wildman–Crippen MR) is 33.6 cm³/mol. The van der Waals surface area contributed by atoms with Crippen molar-refractivity contribution in [2.24, 2.45) is 0 Å². The highest BCUT2D eigenvalue weighted by atomic mass is 16.6. The molecule has 1 fully saturated rings. The normalized spacial score (nSPS) is 26.4. The number of methoxy groups -OCH3 is 1. The zero-order chi connectivity index (χ0) is 7.40. The molecule has 0 amide bonds. The summed E-state index contributed by atoms with van der Waals surface area (Å²) in [6.45, 7) is 1.56. The van der Waals surface area contributed by atoms with Gasteiger partial charge in [0.2, 0.25) is 0 Å². The molecule has 60 valence electrons. The highest BCUT2D eigenvalue weighted by Gasteiger charge is 2.22. The quantitative estimate of drug-likeness (QED) is 0.416. The van der Waals surface area contributed by atoms with E-state index in [-0.39, 0.29) is 12.7 Å². The Bertz CT molecular complexity index is 91.7. The Morgan fingerprint density at radius 1 is 1.80 bits per heavy atom. The first-order valence-electron chi connectivity index (χ1n) is 3.23. The van der Waals surface area contributed by atoms with Crippen LogP contribution >= 0.6 is 0 Å². The van der Waals surface area contributed by atoms with Gasteiger partial charge in [-0.15, -0.1) is 0 Å². The lowest BCUT2D eigenvalue weighted by molar-refractivity contribution is -0.119. The molecule has 1 aliphatic rings. The van der Waals surface area contributed by atoms with E-state index in [1.165, 1.54) is 7.11 Å². The van der Waals surface area contributed by atoms with Crippen LogP contribution in [0.4, 0.5) is 0 Å². The van der Waals surface area contributed by atoms with Gasteiger partial charge in [0.05, 0.1) is 19.8 Å². The Morgan fingerprint density at radius 3 is 3.00 bits per heavy atom. The van der Waals surface area contributed by atoms with Crippen molar-refractivity contribution in [3.05, 3.63) is 0 Å². The Hall–Kier alpha value is -0.160. The van der Waals surface area contributed by atoms with Gasteiger partial charge >= 0.3 is 0 Å². The second kappa shape index (κ2) is 3.88. The number of epoxide rings is 1. The van der Waals surface area contributed by atoms with Crippen molar-refractivity contribution < 1.29 is 19.3 Å². The van der Waals surface area contributed by atoms with Crippen LogP contribution in [0.2, 0.25) is 0 Å². The lowest BCUT2D eigenvalue weighted by Gasteiger charge is -2.07. The summed E-state index contributed by atoms with van der Waals surface area (Å²) in [5, 5.41) is 8.80. The molecule has 0 aliphatic carbocycles. The summed E-state index contributed by atoms with van der Waals surface area (Å²) >= 11 is 0. The van der Waals surface area contributed by atoms with E-state index in [9.17, 15) is 0 Å². The fourth-order valence-corrected chi connectivity index (χ4v) is 0.533. The highest BCUT2D eigenvalue weighted by Crippen LogP contribution is 2.08. The van der Waals surface area contributed by atoms with Gasteiger partial charge in [0.15, 0.2) is 6.29 Å². The second-order valence-corrected chi connectivity index (χ2v) is 2.18. The Morgan fingerprint density at radius 2 is 2.50 bits per heavy atom. The Kier molecular flexibility index (Phi) is 3.08. The van der Waals surface area contributed by atoms with E-state index in [0.717, 1.165) is 6.61 Å². The van der Waals surface area contributed by atoms with Crippen molar-refractivity contribution in [1.29, 1.82) is 0 Å². The molecule has 1 heterocycles. The molecule has 1 aliphatic heterocycles. The van der Waals surface area contributed by atoms with Gasteiger partial charge in [-0.25, -0.2) is 0 Å². The van der Waals surface area contributed by atoms with Gasteiger partial charge in [0, 0.05) is 7.11 Å². The van der Waals surface area contributed by atoms with Crippen molar-refractivity contribution in [2.75, 3.05) is 26.9 Å². The summed E-state index contributed by atoms with van der Waals surface area (Å²) in [5.74, 6) is 0. The van der Waals surface area contributed by atoms with Gasteiger partial charge < -0.3 is 19.3 Å². The van der Waals surface area contributed by atoms with Crippen molar-refractivity contribution in [1.82, 2.24) is 0 Å². The minimum Gasteiger partial charge on any atom is -0.373 e. The van der Waals surface area contributed by atoms with Gasteiger partial charge in [-0.1, -0.05) is 0 Å². The molecular weight excluding hydrogens is 136 g/mol. The summed E-state index contributed by atoms with van der Waals surface area (Å²) in [4.78, 5) is 0. The molecule has 2 atom stereocenters. The smallest absolute Gasteiger partial charge is 0.177 e. The molecule has 4 heteroatoms. The molecule has 0 radical (unpaired) electrons. The van der Waals surface area contributed by atoms with Gasteiger partial charge in [-0.3, -0.25) is 0 Å². The fourth-order valence-electron chi connectivity index (χ4n) is 0.533. The number of aliphatic hydroxyl groups is 1. The first-order chi connectivity index (χ1) is 4.83. The van der Waals surface area contributed by atoms with Gasteiger partial charge in [-0.2, -0.15) is 0 Å². The topological polar surface area (TPSA) is 51.2 Å². The van der Waals surface area contributed by atoms with E-state index in [1.807, 2.05) is 0 Å². The average molecular weight is 148 g/mol. The van der Waals surface area contributed by atoms with E-state index in [4.69, 9.17) is 14.6 Å². The predicted octanol–water partition coefficient (Wildman–Crippen LogP) is -0.633. The summed E-state index contributed by atoms with van der Waals surface area (Å²) in [7, 11) is 1.43. The van der Waals surface area contributed by atoms with E-state index in [1.54, 1.807) is 0 Å². The molecule has 2 unspecified atom stereocenters. The number of rotatable bonds is 5. The summed E-state index contributed by atoms with van der Waals surface area (Å²) in [6, 6.07) is 0. The van der Waals surface area contributed by atoms with Crippen LogP contribution in [0.15, 0.2) is 0 Å². The van der Waals surface area contributed by atoms with Crippen molar-refractivity contribution >= 4 is 0 Å². The van der Waals surface area contributed by atoms with E-state index in [2.05, 4.69) is 4.74 Å². The molecule has 0 aromatic heterocycles. The van der Waals surface area contributed by atoms with Gasteiger partial charge in [-0.05, 0) is 0 Å². The maximum Gasteiger partial charge on any atom is 0.177 e. The van der Waals surface area contributed by atoms with Crippen LogP contribution in [0.5, 0.6) is 0 Å². The number of hydrogen-bond acceptors (Lipinski definition) is 4.